The van der Waals surface area contributed by atoms with Crippen LogP contribution in [0.3, 0.4) is 0 Å². The lowest BCUT2D eigenvalue weighted by Gasteiger charge is -2.17. The molecule has 0 saturated carbocycles. The number of methoxy groups -OCH3 is 1. The molecule has 0 aromatic heterocycles. The van der Waals surface area contributed by atoms with Gasteiger partial charge in [-0.15, -0.1) is 6.42 Å². The summed E-state index contributed by atoms with van der Waals surface area (Å²) in [5.41, 5.74) is 0.469. The second-order valence-corrected chi connectivity index (χ2v) is 4.08. The number of ether oxygens (including phenoxy) is 2. The van der Waals surface area contributed by atoms with Crippen LogP contribution < -0.4 is 10.1 Å². The number of amides is 1. The van der Waals surface area contributed by atoms with E-state index in [1.54, 1.807) is 31.2 Å². The van der Waals surface area contributed by atoms with Crippen LogP contribution in [-0.2, 0) is 9.53 Å². The molecule has 0 heterocycles. The topological polar surface area (TPSA) is 71.3 Å². The Morgan fingerprint density at radius 2 is 2.30 bits per heavy atom. The third kappa shape index (κ3) is 4.64. The van der Waals surface area contributed by atoms with Gasteiger partial charge in [-0.25, -0.2) is 0 Å². The van der Waals surface area contributed by atoms with Gasteiger partial charge in [-0.1, -0.05) is 12.0 Å². The fourth-order valence-electron chi connectivity index (χ4n) is 1.48. The first-order valence-electron chi connectivity index (χ1n) is 6.03. The van der Waals surface area contributed by atoms with Crippen molar-refractivity contribution >= 4 is 5.91 Å². The summed E-state index contributed by atoms with van der Waals surface area (Å²) >= 11 is 0. The van der Waals surface area contributed by atoms with Crippen molar-refractivity contribution in [2.75, 3.05) is 13.7 Å². The number of benzene rings is 1. The molecular weight excluding hydrogens is 256 g/mol. The molecule has 0 spiro atoms. The average Bonchev–Trinajstić information content (AvgIpc) is 2.46. The van der Waals surface area contributed by atoms with Crippen LogP contribution in [0.15, 0.2) is 24.3 Å². The van der Waals surface area contributed by atoms with Gasteiger partial charge in [-0.3, -0.25) is 4.79 Å². The van der Waals surface area contributed by atoms with Gasteiger partial charge >= 0.3 is 0 Å². The maximum absolute atomic E-state index is 11.9. The zero-order valence-electron chi connectivity index (χ0n) is 11.4. The van der Waals surface area contributed by atoms with Gasteiger partial charge < -0.3 is 14.8 Å². The Bertz CT molecular complexity index is 543. The van der Waals surface area contributed by atoms with Crippen LogP contribution in [0.2, 0.25) is 0 Å². The molecule has 0 unspecified atom stereocenters. The summed E-state index contributed by atoms with van der Waals surface area (Å²) in [4.78, 5) is 11.9. The van der Waals surface area contributed by atoms with Crippen molar-refractivity contribution in [2.45, 2.75) is 19.1 Å². The summed E-state index contributed by atoms with van der Waals surface area (Å²) in [5, 5.41) is 11.4. The number of hydrogen-bond donors (Lipinski definition) is 1. The van der Waals surface area contributed by atoms with Crippen LogP contribution in [0.25, 0.3) is 0 Å². The molecule has 2 atom stereocenters. The molecule has 0 radical (unpaired) electrons. The number of carbonyl (C=O) groups excluding carboxylic acids is 1. The quantitative estimate of drug-likeness (QED) is 0.787. The molecule has 1 amide bonds. The monoisotopic (exact) mass is 272 g/mol. The summed E-state index contributed by atoms with van der Waals surface area (Å²) in [6.07, 6.45) is 4.55. The van der Waals surface area contributed by atoms with Gasteiger partial charge in [0.1, 0.15) is 11.8 Å². The van der Waals surface area contributed by atoms with E-state index in [0.29, 0.717) is 11.3 Å². The van der Waals surface area contributed by atoms with Crippen LogP contribution in [0.4, 0.5) is 0 Å². The highest BCUT2D eigenvalue weighted by Crippen LogP contribution is 2.14. The fourth-order valence-corrected chi connectivity index (χ4v) is 1.48. The van der Waals surface area contributed by atoms with E-state index < -0.39 is 12.1 Å². The minimum Gasteiger partial charge on any atom is -0.481 e. The number of hydrogen-bond acceptors (Lipinski definition) is 4. The molecule has 0 aliphatic heterocycles. The lowest BCUT2D eigenvalue weighted by Crippen LogP contribution is -2.43. The van der Waals surface area contributed by atoms with E-state index in [1.807, 2.05) is 6.07 Å². The van der Waals surface area contributed by atoms with Gasteiger partial charge in [-0.2, -0.15) is 5.26 Å². The van der Waals surface area contributed by atoms with Gasteiger partial charge in [0, 0.05) is 7.11 Å². The first-order chi connectivity index (χ1) is 9.60. The second kappa shape index (κ2) is 7.83. The lowest BCUT2D eigenvalue weighted by molar-refractivity contribution is -0.127. The number of nitrogens with one attached hydrogen (secondary N) is 1. The summed E-state index contributed by atoms with van der Waals surface area (Å²) in [6.45, 7) is 1.84. The number of nitrogens with zero attached hydrogens (tertiary/aromatic N) is 1. The van der Waals surface area contributed by atoms with E-state index in [-0.39, 0.29) is 12.5 Å². The molecule has 1 aromatic rings. The minimum absolute atomic E-state index is 0.235. The van der Waals surface area contributed by atoms with Crippen LogP contribution >= 0.6 is 0 Å². The SMILES string of the molecule is C#C[C@@H](COC)NC(=O)[C@H](C)Oc1cccc(C#N)c1. The Balaban J connectivity index is 2.61. The molecule has 5 nitrogen and oxygen atoms in total. The predicted octanol–water partition coefficient (Wildman–Crippen LogP) is 1.09. The van der Waals surface area contributed by atoms with Crippen molar-refractivity contribution in [3.05, 3.63) is 29.8 Å². The molecule has 0 saturated heterocycles. The number of nitriles is 1. The first-order valence-corrected chi connectivity index (χ1v) is 6.03. The van der Waals surface area contributed by atoms with E-state index in [0.717, 1.165) is 0 Å². The smallest absolute Gasteiger partial charge is 0.261 e. The number of rotatable bonds is 6. The van der Waals surface area contributed by atoms with E-state index >= 15 is 0 Å². The second-order valence-electron chi connectivity index (χ2n) is 4.08. The highest BCUT2D eigenvalue weighted by atomic mass is 16.5. The van der Waals surface area contributed by atoms with Crippen LogP contribution in [0, 0.1) is 23.7 Å². The summed E-state index contributed by atoms with van der Waals surface area (Å²) in [6, 6.07) is 8.10. The predicted molar refractivity (Wildman–Crippen MR) is 73.9 cm³/mol. The number of carbonyl (C=O) groups is 1. The molecule has 0 bridgehead atoms. The summed E-state index contributed by atoms with van der Waals surface area (Å²) in [5.74, 6) is 2.53. The molecule has 0 aliphatic rings. The van der Waals surface area contributed by atoms with Crippen molar-refractivity contribution in [1.29, 1.82) is 5.26 Å². The summed E-state index contributed by atoms with van der Waals surface area (Å²) in [7, 11) is 1.50. The zero-order valence-corrected chi connectivity index (χ0v) is 11.4. The van der Waals surface area contributed by atoms with Crippen molar-refractivity contribution in [1.82, 2.24) is 5.32 Å². The van der Waals surface area contributed by atoms with Gasteiger partial charge in [0.2, 0.25) is 0 Å². The molecule has 0 fully saturated rings. The molecule has 104 valence electrons. The largest absolute Gasteiger partial charge is 0.481 e. The van der Waals surface area contributed by atoms with Crippen LogP contribution in [0.1, 0.15) is 12.5 Å². The standard InChI is InChI=1S/C15H16N2O3/c1-4-13(10-19-3)17-15(18)11(2)20-14-7-5-6-12(8-14)9-16/h1,5-8,11,13H,10H2,2-3H3,(H,17,18)/t11-,13-/m0/s1. The van der Waals surface area contributed by atoms with Crippen molar-refractivity contribution < 1.29 is 14.3 Å². The Morgan fingerprint density at radius 3 is 2.90 bits per heavy atom. The molecule has 1 N–H and O–H groups in total. The van der Waals surface area contributed by atoms with Gasteiger partial charge in [0.05, 0.1) is 18.2 Å². The summed E-state index contributed by atoms with van der Waals surface area (Å²) < 4.78 is 10.4. The van der Waals surface area contributed by atoms with Crippen molar-refractivity contribution in [3.8, 4) is 24.2 Å². The molecular formula is C15H16N2O3. The van der Waals surface area contributed by atoms with E-state index in [4.69, 9.17) is 21.2 Å². The number of terminal acetylenes is 1. The van der Waals surface area contributed by atoms with Crippen molar-refractivity contribution in [2.24, 2.45) is 0 Å². The Hall–Kier alpha value is -2.50. The molecule has 1 rings (SSSR count). The molecule has 1 aromatic carbocycles. The average molecular weight is 272 g/mol. The normalized spacial score (nSPS) is 12.6. The lowest BCUT2D eigenvalue weighted by atomic mass is 10.2. The van der Waals surface area contributed by atoms with E-state index in [2.05, 4.69) is 11.2 Å². The Morgan fingerprint density at radius 1 is 1.55 bits per heavy atom. The maximum Gasteiger partial charge on any atom is 0.261 e. The van der Waals surface area contributed by atoms with E-state index in [9.17, 15) is 4.79 Å². The van der Waals surface area contributed by atoms with Gasteiger partial charge in [0.15, 0.2) is 6.10 Å². The van der Waals surface area contributed by atoms with Crippen molar-refractivity contribution in [3.63, 3.8) is 0 Å². The molecule has 20 heavy (non-hydrogen) atoms. The molecule has 0 aliphatic carbocycles. The maximum atomic E-state index is 11.9. The minimum atomic E-state index is -0.725. The first kappa shape index (κ1) is 15.6. The zero-order chi connectivity index (χ0) is 15.0. The van der Waals surface area contributed by atoms with Crippen LogP contribution in [0.5, 0.6) is 5.75 Å². The Labute approximate surface area is 118 Å². The van der Waals surface area contributed by atoms with Crippen LogP contribution in [-0.4, -0.2) is 31.8 Å². The molecule has 5 heteroatoms. The Kier molecular flexibility index (Phi) is 6.09. The third-order valence-corrected chi connectivity index (χ3v) is 2.50. The third-order valence-electron chi connectivity index (χ3n) is 2.50. The highest BCUT2D eigenvalue weighted by Gasteiger charge is 2.17. The van der Waals surface area contributed by atoms with Gasteiger partial charge in [-0.05, 0) is 25.1 Å². The van der Waals surface area contributed by atoms with E-state index in [1.165, 1.54) is 7.11 Å². The van der Waals surface area contributed by atoms with Gasteiger partial charge in [0.25, 0.3) is 5.91 Å². The highest BCUT2D eigenvalue weighted by molar-refractivity contribution is 5.81. The fraction of sp³-hybridized carbons (Fsp3) is 0.333.